The Kier molecular flexibility index (Phi) is 3.62. The van der Waals surface area contributed by atoms with Crippen molar-refractivity contribution in [3.8, 4) is 0 Å². The molecule has 0 aliphatic carbocycles. The Morgan fingerprint density at radius 1 is 1.31 bits per heavy atom. The summed E-state index contributed by atoms with van der Waals surface area (Å²) in [4.78, 5) is 13.2. The normalized spacial score (nSPS) is 18.2. The highest BCUT2D eigenvalue weighted by Gasteiger charge is 2.17. The Morgan fingerprint density at radius 3 is 2.62 bits per heavy atom. The summed E-state index contributed by atoms with van der Waals surface area (Å²) in [7, 11) is 0. The van der Waals surface area contributed by atoms with Crippen LogP contribution in [-0.2, 0) is 6.54 Å². The maximum atomic E-state index is 10.9. The molecular formula is C12H17NO3. The number of rotatable bonds is 3. The number of likely N-dealkylation sites (tertiary alicyclic amines) is 1. The van der Waals surface area contributed by atoms with Gasteiger partial charge in [-0.1, -0.05) is 12.8 Å². The highest BCUT2D eigenvalue weighted by molar-refractivity contribution is 5.86. The first-order valence-electron chi connectivity index (χ1n) is 5.79. The van der Waals surface area contributed by atoms with Crippen molar-refractivity contribution in [1.82, 2.24) is 4.90 Å². The van der Waals surface area contributed by atoms with Crippen molar-refractivity contribution in [2.45, 2.75) is 32.2 Å². The third-order valence-electron chi connectivity index (χ3n) is 3.03. The van der Waals surface area contributed by atoms with E-state index in [1.807, 2.05) is 0 Å². The molecule has 1 aliphatic rings. The Morgan fingerprint density at radius 2 is 2.00 bits per heavy atom. The van der Waals surface area contributed by atoms with Crippen molar-refractivity contribution in [3.05, 3.63) is 23.7 Å². The first-order valence-corrected chi connectivity index (χ1v) is 5.79. The molecule has 1 fully saturated rings. The second kappa shape index (κ2) is 5.16. The third-order valence-corrected chi connectivity index (χ3v) is 3.03. The highest BCUT2D eigenvalue weighted by Crippen LogP contribution is 2.16. The minimum atomic E-state index is -0.977. The molecule has 0 unspecified atom stereocenters. The molecule has 0 atom stereocenters. The topological polar surface area (TPSA) is 53.7 Å². The molecule has 88 valence electrons. The molecule has 1 N–H and O–H groups in total. The standard InChI is InChI=1S/C12H17NO3/c14-12(15)11-10(5-8-16-11)9-13-6-3-1-2-4-7-13/h5,8H,1-4,6-7,9H2,(H,14,15). The number of carbonyl (C=O) groups is 1. The van der Waals surface area contributed by atoms with Gasteiger partial charge in [-0.3, -0.25) is 4.90 Å². The fourth-order valence-corrected chi connectivity index (χ4v) is 2.18. The van der Waals surface area contributed by atoms with Gasteiger partial charge in [-0.2, -0.15) is 0 Å². The fourth-order valence-electron chi connectivity index (χ4n) is 2.18. The molecule has 0 bridgehead atoms. The highest BCUT2D eigenvalue weighted by atomic mass is 16.4. The van der Waals surface area contributed by atoms with Crippen LogP contribution in [0.2, 0.25) is 0 Å². The number of aromatic carboxylic acids is 1. The quantitative estimate of drug-likeness (QED) is 0.854. The molecule has 16 heavy (non-hydrogen) atoms. The molecule has 2 heterocycles. The minimum Gasteiger partial charge on any atom is -0.475 e. The molecule has 1 saturated heterocycles. The van der Waals surface area contributed by atoms with Crippen LogP contribution in [0.4, 0.5) is 0 Å². The molecule has 0 amide bonds. The summed E-state index contributed by atoms with van der Waals surface area (Å²) in [6, 6.07) is 1.76. The number of nitrogens with zero attached hydrogens (tertiary/aromatic N) is 1. The molecule has 0 saturated carbocycles. The number of carboxylic acids is 1. The Balaban J connectivity index is 2.01. The Bertz CT molecular complexity index is 351. The van der Waals surface area contributed by atoms with Gasteiger partial charge in [-0.05, 0) is 32.0 Å². The maximum Gasteiger partial charge on any atom is 0.372 e. The zero-order valence-electron chi connectivity index (χ0n) is 9.32. The van der Waals surface area contributed by atoms with Crippen LogP contribution in [0.15, 0.2) is 16.7 Å². The van der Waals surface area contributed by atoms with Crippen molar-refractivity contribution in [3.63, 3.8) is 0 Å². The molecule has 0 aromatic carbocycles. The molecule has 2 rings (SSSR count). The molecule has 1 aromatic heterocycles. The first-order chi connectivity index (χ1) is 7.77. The van der Waals surface area contributed by atoms with E-state index in [9.17, 15) is 4.79 Å². The first kappa shape index (κ1) is 11.2. The maximum absolute atomic E-state index is 10.9. The summed E-state index contributed by atoms with van der Waals surface area (Å²) in [5.74, 6) is -0.890. The van der Waals surface area contributed by atoms with Gasteiger partial charge in [0.15, 0.2) is 0 Å². The van der Waals surface area contributed by atoms with Gasteiger partial charge in [-0.15, -0.1) is 0 Å². The summed E-state index contributed by atoms with van der Waals surface area (Å²) in [6.45, 7) is 2.81. The van der Waals surface area contributed by atoms with E-state index in [0.29, 0.717) is 6.54 Å². The van der Waals surface area contributed by atoms with Gasteiger partial charge >= 0.3 is 5.97 Å². The van der Waals surface area contributed by atoms with Gasteiger partial charge in [0.25, 0.3) is 0 Å². The molecule has 0 radical (unpaired) electrons. The van der Waals surface area contributed by atoms with Crippen molar-refractivity contribution in [2.24, 2.45) is 0 Å². The van der Waals surface area contributed by atoms with Crippen LogP contribution in [-0.4, -0.2) is 29.1 Å². The van der Waals surface area contributed by atoms with Crippen LogP contribution in [0.1, 0.15) is 41.8 Å². The lowest BCUT2D eigenvalue weighted by atomic mass is 10.2. The van der Waals surface area contributed by atoms with E-state index < -0.39 is 5.97 Å². The summed E-state index contributed by atoms with van der Waals surface area (Å²) in [5, 5.41) is 8.93. The second-order valence-corrected chi connectivity index (χ2v) is 4.27. The summed E-state index contributed by atoms with van der Waals surface area (Å²) < 4.78 is 4.97. The Hall–Kier alpha value is -1.29. The Labute approximate surface area is 94.9 Å². The summed E-state index contributed by atoms with van der Waals surface area (Å²) >= 11 is 0. The van der Waals surface area contributed by atoms with Crippen molar-refractivity contribution >= 4 is 5.97 Å². The summed E-state index contributed by atoms with van der Waals surface area (Å²) in [5.41, 5.74) is 0.786. The predicted molar refractivity (Wildman–Crippen MR) is 59.4 cm³/mol. The number of hydrogen-bond donors (Lipinski definition) is 1. The van der Waals surface area contributed by atoms with Crippen LogP contribution >= 0.6 is 0 Å². The predicted octanol–water partition coefficient (Wildman–Crippen LogP) is 2.35. The van der Waals surface area contributed by atoms with Crippen molar-refractivity contribution < 1.29 is 14.3 Å². The molecule has 1 aliphatic heterocycles. The molecule has 4 nitrogen and oxygen atoms in total. The van der Waals surface area contributed by atoms with Crippen LogP contribution < -0.4 is 0 Å². The van der Waals surface area contributed by atoms with Crippen LogP contribution in [0, 0.1) is 0 Å². The lowest BCUT2D eigenvalue weighted by molar-refractivity contribution is 0.0659. The van der Waals surface area contributed by atoms with Gasteiger partial charge in [0.05, 0.1) is 6.26 Å². The number of hydrogen-bond acceptors (Lipinski definition) is 3. The fraction of sp³-hybridized carbons (Fsp3) is 0.583. The van der Waals surface area contributed by atoms with E-state index in [0.717, 1.165) is 18.7 Å². The number of carboxylic acid groups (broad SMARTS) is 1. The van der Waals surface area contributed by atoms with Gasteiger partial charge in [0.1, 0.15) is 0 Å². The van der Waals surface area contributed by atoms with E-state index >= 15 is 0 Å². The average Bonchev–Trinajstić information content (AvgIpc) is 2.55. The third kappa shape index (κ3) is 2.64. The molecule has 0 spiro atoms. The van der Waals surface area contributed by atoms with E-state index in [-0.39, 0.29) is 5.76 Å². The van der Waals surface area contributed by atoms with Gasteiger partial charge in [-0.25, -0.2) is 4.79 Å². The lowest BCUT2D eigenvalue weighted by Crippen LogP contribution is -2.24. The lowest BCUT2D eigenvalue weighted by Gasteiger charge is -2.18. The largest absolute Gasteiger partial charge is 0.475 e. The SMILES string of the molecule is O=C(O)c1occc1CN1CCCCCC1. The van der Waals surface area contributed by atoms with E-state index in [1.54, 1.807) is 6.07 Å². The van der Waals surface area contributed by atoms with E-state index in [2.05, 4.69) is 4.90 Å². The minimum absolute atomic E-state index is 0.0873. The van der Waals surface area contributed by atoms with Gasteiger partial charge < -0.3 is 9.52 Å². The zero-order valence-corrected chi connectivity index (χ0v) is 9.32. The van der Waals surface area contributed by atoms with E-state index in [4.69, 9.17) is 9.52 Å². The van der Waals surface area contributed by atoms with E-state index in [1.165, 1.54) is 31.9 Å². The van der Waals surface area contributed by atoms with Crippen LogP contribution in [0.3, 0.4) is 0 Å². The van der Waals surface area contributed by atoms with Gasteiger partial charge in [0.2, 0.25) is 5.76 Å². The molecule has 1 aromatic rings. The monoisotopic (exact) mass is 223 g/mol. The van der Waals surface area contributed by atoms with Crippen LogP contribution in [0.5, 0.6) is 0 Å². The number of furan rings is 1. The molecule has 4 heteroatoms. The van der Waals surface area contributed by atoms with Crippen LogP contribution in [0.25, 0.3) is 0 Å². The smallest absolute Gasteiger partial charge is 0.372 e. The molecular weight excluding hydrogens is 206 g/mol. The second-order valence-electron chi connectivity index (χ2n) is 4.27. The van der Waals surface area contributed by atoms with Crippen molar-refractivity contribution in [1.29, 1.82) is 0 Å². The van der Waals surface area contributed by atoms with Gasteiger partial charge in [0, 0.05) is 12.1 Å². The zero-order chi connectivity index (χ0) is 11.4. The van der Waals surface area contributed by atoms with Crippen molar-refractivity contribution in [2.75, 3.05) is 13.1 Å². The average molecular weight is 223 g/mol. The summed E-state index contributed by atoms with van der Waals surface area (Å²) in [6.07, 6.45) is 6.44.